The van der Waals surface area contributed by atoms with Crippen LogP contribution >= 0.6 is 0 Å². The molecule has 2 aliphatic rings. The van der Waals surface area contributed by atoms with E-state index in [1.165, 1.54) is 0 Å². The first-order chi connectivity index (χ1) is 11.3. The molecule has 6 nitrogen and oxygen atoms in total. The summed E-state index contributed by atoms with van der Waals surface area (Å²) >= 11 is 0. The average molecular weight is 319 g/mol. The Kier molecular flexibility index (Phi) is 5.85. The predicted molar refractivity (Wildman–Crippen MR) is 89.1 cm³/mol. The number of hydrogen-bond acceptors (Lipinski definition) is 5. The number of carbonyl (C=O) groups is 1. The van der Waals surface area contributed by atoms with E-state index >= 15 is 0 Å². The number of nitrogens with zero attached hydrogens (tertiary/aromatic N) is 2. The van der Waals surface area contributed by atoms with Crippen molar-refractivity contribution in [2.24, 2.45) is 0 Å². The normalized spacial score (nSPS) is 19.6. The maximum Gasteiger partial charge on any atom is 0.253 e. The number of hydrogen-bond donors (Lipinski definition) is 1. The molecule has 1 aromatic rings. The standard InChI is InChI=1S/C17H25N3O3/c21-17(18-5-6-19-7-11-22-12-8-19)15-3-1-2-4-16(15)20-9-13-23-14-10-20/h1-4H,5-14H2,(H,18,21). The summed E-state index contributed by atoms with van der Waals surface area (Å²) in [6.45, 7) is 8.09. The number of benzene rings is 1. The summed E-state index contributed by atoms with van der Waals surface area (Å²) in [4.78, 5) is 17.1. The molecule has 0 aromatic heterocycles. The van der Waals surface area contributed by atoms with Crippen LogP contribution in [0.15, 0.2) is 24.3 Å². The Labute approximate surface area is 137 Å². The molecule has 0 radical (unpaired) electrons. The van der Waals surface area contributed by atoms with Gasteiger partial charge in [-0.3, -0.25) is 9.69 Å². The SMILES string of the molecule is O=C(NCCN1CCOCC1)c1ccccc1N1CCOCC1. The minimum Gasteiger partial charge on any atom is -0.379 e. The topological polar surface area (TPSA) is 54.0 Å². The summed E-state index contributed by atoms with van der Waals surface area (Å²) in [5, 5.41) is 3.05. The molecule has 0 unspecified atom stereocenters. The third-order valence-corrected chi connectivity index (χ3v) is 4.32. The first-order valence-corrected chi connectivity index (χ1v) is 8.34. The van der Waals surface area contributed by atoms with E-state index in [0.717, 1.165) is 57.2 Å². The van der Waals surface area contributed by atoms with Crippen molar-refractivity contribution < 1.29 is 14.3 Å². The summed E-state index contributed by atoms with van der Waals surface area (Å²) in [7, 11) is 0. The van der Waals surface area contributed by atoms with Crippen molar-refractivity contribution >= 4 is 11.6 Å². The minimum atomic E-state index is 0.000325. The van der Waals surface area contributed by atoms with E-state index in [0.29, 0.717) is 19.8 Å². The van der Waals surface area contributed by atoms with Gasteiger partial charge in [-0.05, 0) is 12.1 Å². The molecule has 1 N–H and O–H groups in total. The van der Waals surface area contributed by atoms with Gasteiger partial charge < -0.3 is 19.7 Å². The highest BCUT2D eigenvalue weighted by Gasteiger charge is 2.18. The Morgan fingerprint density at radius 2 is 1.65 bits per heavy atom. The van der Waals surface area contributed by atoms with Crippen LogP contribution in [0.3, 0.4) is 0 Å². The van der Waals surface area contributed by atoms with Crippen molar-refractivity contribution in [3.63, 3.8) is 0 Å². The molecule has 0 atom stereocenters. The molecule has 0 saturated carbocycles. The van der Waals surface area contributed by atoms with Gasteiger partial charge in [0.15, 0.2) is 0 Å². The Morgan fingerprint density at radius 1 is 1.00 bits per heavy atom. The number of morpholine rings is 2. The number of rotatable bonds is 5. The molecule has 6 heteroatoms. The van der Waals surface area contributed by atoms with Crippen LogP contribution in [-0.2, 0) is 9.47 Å². The summed E-state index contributed by atoms with van der Waals surface area (Å²) in [6, 6.07) is 7.81. The Bertz CT molecular complexity index is 512. The van der Waals surface area contributed by atoms with Crippen LogP contribution in [-0.4, -0.2) is 76.5 Å². The highest BCUT2D eigenvalue weighted by atomic mass is 16.5. The maximum absolute atomic E-state index is 12.5. The van der Waals surface area contributed by atoms with Gasteiger partial charge in [0.25, 0.3) is 5.91 Å². The molecule has 0 bridgehead atoms. The highest BCUT2D eigenvalue weighted by molar-refractivity contribution is 5.99. The van der Waals surface area contributed by atoms with Gasteiger partial charge in [0, 0.05) is 45.0 Å². The first-order valence-electron chi connectivity index (χ1n) is 8.34. The van der Waals surface area contributed by atoms with E-state index in [4.69, 9.17) is 9.47 Å². The van der Waals surface area contributed by atoms with Crippen LogP contribution in [0, 0.1) is 0 Å². The van der Waals surface area contributed by atoms with Crippen LogP contribution in [0.2, 0.25) is 0 Å². The lowest BCUT2D eigenvalue weighted by molar-refractivity contribution is 0.0383. The van der Waals surface area contributed by atoms with E-state index in [1.54, 1.807) is 0 Å². The molecule has 2 saturated heterocycles. The van der Waals surface area contributed by atoms with E-state index < -0.39 is 0 Å². The van der Waals surface area contributed by atoms with Gasteiger partial charge >= 0.3 is 0 Å². The molecule has 126 valence electrons. The molecule has 2 fully saturated rings. The lowest BCUT2D eigenvalue weighted by Gasteiger charge is -2.30. The summed E-state index contributed by atoms with van der Waals surface area (Å²) < 4.78 is 10.7. The second-order valence-electron chi connectivity index (χ2n) is 5.83. The van der Waals surface area contributed by atoms with Crippen LogP contribution < -0.4 is 10.2 Å². The number of para-hydroxylation sites is 1. The zero-order valence-electron chi connectivity index (χ0n) is 13.5. The quantitative estimate of drug-likeness (QED) is 0.861. The molecule has 23 heavy (non-hydrogen) atoms. The fraction of sp³-hybridized carbons (Fsp3) is 0.588. The number of carbonyl (C=O) groups excluding carboxylic acids is 1. The fourth-order valence-electron chi connectivity index (χ4n) is 2.99. The first kappa shape index (κ1) is 16.2. The average Bonchev–Trinajstić information content (AvgIpc) is 2.63. The third kappa shape index (κ3) is 4.43. The second-order valence-corrected chi connectivity index (χ2v) is 5.83. The van der Waals surface area contributed by atoms with Gasteiger partial charge in [-0.1, -0.05) is 12.1 Å². The van der Waals surface area contributed by atoms with Crippen molar-refractivity contribution in [3.05, 3.63) is 29.8 Å². The summed E-state index contributed by atoms with van der Waals surface area (Å²) in [6.07, 6.45) is 0. The fourth-order valence-corrected chi connectivity index (χ4v) is 2.99. The third-order valence-electron chi connectivity index (χ3n) is 4.32. The number of ether oxygens (including phenoxy) is 2. The van der Waals surface area contributed by atoms with Gasteiger partial charge in [0.05, 0.1) is 32.0 Å². The van der Waals surface area contributed by atoms with Gasteiger partial charge in [-0.25, -0.2) is 0 Å². The van der Waals surface area contributed by atoms with Crippen molar-refractivity contribution in [2.45, 2.75) is 0 Å². The summed E-state index contributed by atoms with van der Waals surface area (Å²) in [5.74, 6) is 0.000325. The molecule has 0 aliphatic carbocycles. The van der Waals surface area contributed by atoms with Crippen molar-refractivity contribution in [3.8, 4) is 0 Å². The molecule has 2 aliphatic heterocycles. The Morgan fingerprint density at radius 3 is 2.39 bits per heavy atom. The van der Waals surface area contributed by atoms with Crippen LogP contribution in [0.5, 0.6) is 0 Å². The highest BCUT2D eigenvalue weighted by Crippen LogP contribution is 2.21. The maximum atomic E-state index is 12.5. The lowest BCUT2D eigenvalue weighted by Crippen LogP contribution is -2.42. The van der Waals surface area contributed by atoms with Crippen LogP contribution in [0.4, 0.5) is 5.69 Å². The van der Waals surface area contributed by atoms with Crippen molar-refractivity contribution in [1.29, 1.82) is 0 Å². The molecule has 0 spiro atoms. The zero-order valence-corrected chi connectivity index (χ0v) is 13.5. The summed E-state index contributed by atoms with van der Waals surface area (Å²) in [5.41, 5.74) is 1.75. The van der Waals surface area contributed by atoms with Crippen molar-refractivity contribution in [2.75, 3.05) is 70.6 Å². The van der Waals surface area contributed by atoms with E-state index in [2.05, 4.69) is 15.1 Å². The zero-order chi connectivity index (χ0) is 15.9. The molecule has 2 heterocycles. The van der Waals surface area contributed by atoms with Gasteiger partial charge in [0.1, 0.15) is 0 Å². The molecular formula is C17H25N3O3. The second kappa shape index (κ2) is 8.29. The predicted octanol–water partition coefficient (Wildman–Crippen LogP) is 0.585. The molecule has 3 rings (SSSR count). The number of nitrogens with one attached hydrogen (secondary N) is 1. The van der Waals surface area contributed by atoms with Gasteiger partial charge in [-0.15, -0.1) is 0 Å². The smallest absolute Gasteiger partial charge is 0.253 e. The van der Waals surface area contributed by atoms with Gasteiger partial charge in [-0.2, -0.15) is 0 Å². The van der Waals surface area contributed by atoms with E-state index in [1.807, 2.05) is 24.3 Å². The monoisotopic (exact) mass is 319 g/mol. The minimum absolute atomic E-state index is 0.000325. The number of amides is 1. The van der Waals surface area contributed by atoms with Crippen molar-refractivity contribution in [1.82, 2.24) is 10.2 Å². The molecule has 1 aromatic carbocycles. The van der Waals surface area contributed by atoms with Gasteiger partial charge in [0.2, 0.25) is 0 Å². The molecule has 1 amide bonds. The van der Waals surface area contributed by atoms with Crippen LogP contribution in [0.1, 0.15) is 10.4 Å². The van der Waals surface area contributed by atoms with Crippen LogP contribution in [0.25, 0.3) is 0 Å². The van der Waals surface area contributed by atoms with E-state index in [-0.39, 0.29) is 5.91 Å². The largest absolute Gasteiger partial charge is 0.379 e. The molecular weight excluding hydrogens is 294 g/mol. The Hall–Kier alpha value is -1.63. The number of anilines is 1. The Balaban J connectivity index is 1.56. The lowest BCUT2D eigenvalue weighted by atomic mass is 10.1. The van der Waals surface area contributed by atoms with E-state index in [9.17, 15) is 4.79 Å².